The smallest absolute Gasteiger partial charge is 0.0237 e. The van der Waals surface area contributed by atoms with Gasteiger partial charge in [-0.3, -0.25) is 4.90 Å². The quantitative estimate of drug-likeness (QED) is 0.879. The molecule has 1 aromatic rings. The summed E-state index contributed by atoms with van der Waals surface area (Å²) in [6.07, 6.45) is 1.22. The molecule has 3 heteroatoms. The van der Waals surface area contributed by atoms with Crippen molar-refractivity contribution in [2.75, 3.05) is 6.54 Å². The van der Waals surface area contributed by atoms with Crippen LogP contribution in [-0.4, -0.2) is 23.5 Å². The molecule has 2 rings (SSSR count). The normalized spacial score (nSPS) is 29.7. The minimum atomic E-state index is 0. The molecular weight excluding hydrogens is 232 g/mol. The van der Waals surface area contributed by atoms with Crippen molar-refractivity contribution in [2.24, 2.45) is 11.7 Å². The van der Waals surface area contributed by atoms with Crippen molar-refractivity contribution in [2.45, 2.75) is 38.9 Å². The summed E-state index contributed by atoms with van der Waals surface area (Å²) in [6, 6.07) is 11.6. The molecule has 1 fully saturated rings. The SMILES string of the molecule is CC1CC(C)N(Cc2ccccc2)CC1N.Cl. The van der Waals surface area contributed by atoms with Gasteiger partial charge in [-0.2, -0.15) is 0 Å². The van der Waals surface area contributed by atoms with Gasteiger partial charge in [0.2, 0.25) is 0 Å². The number of rotatable bonds is 2. The molecule has 0 bridgehead atoms. The summed E-state index contributed by atoms with van der Waals surface area (Å²) in [5.74, 6) is 0.655. The molecular formula is C14H23ClN2. The first-order valence-electron chi connectivity index (χ1n) is 6.20. The highest BCUT2D eigenvalue weighted by Gasteiger charge is 2.28. The van der Waals surface area contributed by atoms with Gasteiger partial charge in [-0.1, -0.05) is 37.3 Å². The molecule has 1 saturated heterocycles. The predicted molar refractivity (Wildman–Crippen MR) is 75.3 cm³/mol. The Morgan fingerprint density at radius 3 is 2.53 bits per heavy atom. The summed E-state index contributed by atoms with van der Waals surface area (Å²) in [7, 11) is 0. The van der Waals surface area contributed by atoms with E-state index in [-0.39, 0.29) is 12.4 Å². The van der Waals surface area contributed by atoms with Crippen molar-refractivity contribution in [3.8, 4) is 0 Å². The van der Waals surface area contributed by atoms with Crippen LogP contribution in [-0.2, 0) is 6.54 Å². The molecule has 3 atom stereocenters. The van der Waals surface area contributed by atoms with E-state index < -0.39 is 0 Å². The summed E-state index contributed by atoms with van der Waals surface area (Å²) < 4.78 is 0. The van der Waals surface area contributed by atoms with E-state index in [9.17, 15) is 0 Å². The lowest BCUT2D eigenvalue weighted by Gasteiger charge is -2.40. The standard InChI is InChI=1S/C14H22N2.ClH/c1-11-8-12(2)16(10-14(11)15)9-13-6-4-3-5-7-13;/h3-7,11-12,14H,8-10,15H2,1-2H3;1H. The predicted octanol–water partition coefficient (Wildman–Crippen LogP) is 2.67. The van der Waals surface area contributed by atoms with Crippen LogP contribution in [0.1, 0.15) is 25.8 Å². The van der Waals surface area contributed by atoms with E-state index in [0.717, 1.165) is 13.1 Å². The van der Waals surface area contributed by atoms with Crippen LogP contribution in [0.25, 0.3) is 0 Å². The number of hydrogen-bond acceptors (Lipinski definition) is 2. The van der Waals surface area contributed by atoms with Crippen molar-refractivity contribution >= 4 is 12.4 Å². The molecule has 0 saturated carbocycles. The second-order valence-corrected chi connectivity index (χ2v) is 5.14. The molecule has 2 N–H and O–H groups in total. The average Bonchev–Trinajstić information content (AvgIpc) is 2.27. The van der Waals surface area contributed by atoms with Gasteiger partial charge in [0.15, 0.2) is 0 Å². The van der Waals surface area contributed by atoms with Gasteiger partial charge in [-0.15, -0.1) is 12.4 Å². The molecule has 0 aliphatic carbocycles. The monoisotopic (exact) mass is 254 g/mol. The first-order valence-corrected chi connectivity index (χ1v) is 6.20. The van der Waals surface area contributed by atoms with Gasteiger partial charge in [0.1, 0.15) is 0 Å². The molecule has 0 radical (unpaired) electrons. The highest BCUT2D eigenvalue weighted by Crippen LogP contribution is 2.23. The van der Waals surface area contributed by atoms with Crippen LogP contribution in [0.2, 0.25) is 0 Å². The number of benzene rings is 1. The van der Waals surface area contributed by atoms with Crippen LogP contribution in [0, 0.1) is 5.92 Å². The van der Waals surface area contributed by atoms with Gasteiger partial charge in [-0.05, 0) is 24.8 Å². The van der Waals surface area contributed by atoms with E-state index in [1.54, 1.807) is 0 Å². The molecule has 0 amide bonds. The van der Waals surface area contributed by atoms with E-state index in [1.165, 1.54) is 12.0 Å². The molecule has 3 unspecified atom stereocenters. The maximum atomic E-state index is 6.14. The highest BCUT2D eigenvalue weighted by atomic mass is 35.5. The Hall–Kier alpha value is -0.570. The van der Waals surface area contributed by atoms with Crippen LogP contribution in [0.15, 0.2) is 30.3 Å². The van der Waals surface area contributed by atoms with Crippen molar-refractivity contribution in [3.63, 3.8) is 0 Å². The minimum Gasteiger partial charge on any atom is -0.326 e. The Bertz CT molecular complexity index is 328. The van der Waals surface area contributed by atoms with Crippen LogP contribution in [0.4, 0.5) is 0 Å². The minimum absolute atomic E-state index is 0. The Morgan fingerprint density at radius 2 is 1.88 bits per heavy atom. The van der Waals surface area contributed by atoms with Gasteiger partial charge in [0.25, 0.3) is 0 Å². The third-order valence-corrected chi connectivity index (χ3v) is 3.74. The molecule has 0 aromatic heterocycles. The first kappa shape index (κ1) is 14.5. The maximum absolute atomic E-state index is 6.14. The van der Waals surface area contributed by atoms with Crippen molar-refractivity contribution in [1.29, 1.82) is 0 Å². The van der Waals surface area contributed by atoms with E-state index in [1.807, 2.05) is 0 Å². The molecule has 17 heavy (non-hydrogen) atoms. The first-order chi connectivity index (χ1) is 7.66. The lowest BCUT2D eigenvalue weighted by atomic mass is 9.89. The molecule has 1 aromatic carbocycles. The zero-order valence-corrected chi connectivity index (χ0v) is 11.5. The molecule has 0 spiro atoms. The Balaban J connectivity index is 0.00000144. The molecule has 2 nitrogen and oxygen atoms in total. The number of nitrogens with two attached hydrogens (primary N) is 1. The van der Waals surface area contributed by atoms with Gasteiger partial charge >= 0.3 is 0 Å². The molecule has 96 valence electrons. The van der Waals surface area contributed by atoms with Gasteiger partial charge in [-0.25, -0.2) is 0 Å². The van der Waals surface area contributed by atoms with Crippen LogP contribution >= 0.6 is 12.4 Å². The van der Waals surface area contributed by atoms with Crippen molar-refractivity contribution in [1.82, 2.24) is 4.90 Å². The fourth-order valence-electron chi connectivity index (χ4n) is 2.53. The lowest BCUT2D eigenvalue weighted by molar-refractivity contribution is 0.104. The Labute approximate surface area is 111 Å². The van der Waals surface area contributed by atoms with E-state index in [4.69, 9.17) is 5.73 Å². The molecule has 1 aliphatic heterocycles. The van der Waals surface area contributed by atoms with Crippen LogP contribution in [0.5, 0.6) is 0 Å². The van der Waals surface area contributed by atoms with E-state index >= 15 is 0 Å². The summed E-state index contributed by atoms with van der Waals surface area (Å²) in [4.78, 5) is 2.50. The Kier molecular flexibility index (Phi) is 5.44. The fraction of sp³-hybridized carbons (Fsp3) is 0.571. The summed E-state index contributed by atoms with van der Waals surface area (Å²) >= 11 is 0. The van der Waals surface area contributed by atoms with Gasteiger partial charge < -0.3 is 5.73 Å². The molecule has 1 aliphatic rings. The second-order valence-electron chi connectivity index (χ2n) is 5.14. The highest BCUT2D eigenvalue weighted by molar-refractivity contribution is 5.85. The maximum Gasteiger partial charge on any atom is 0.0237 e. The van der Waals surface area contributed by atoms with Crippen molar-refractivity contribution in [3.05, 3.63) is 35.9 Å². The lowest BCUT2D eigenvalue weighted by Crippen LogP contribution is -2.51. The zero-order chi connectivity index (χ0) is 11.5. The van der Waals surface area contributed by atoms with Crippen LogP contribution in [0.3, 0.4) is 0 Å². The second kappa shape index (κ2) is 6.39. The van der Waals surface area contributed by atoms with E-state index in [2.05, 4.69) is 49.1 Å². The average molecular weight is 255 g/mol. The summed E-state index contributed by atoms with van der Waals surface area (Å²) in [6.45, 7) is 6.63. The summed E-state index contributed by atoms with van der Waals surface area (Å²) in [5, 5.41) is 0. The molecule has 1 heterocycles. The van der Waals surface area contributed by atoms with E-state index in [0.29, 0.717) is 18.0 Å². The van der Waals surface area contributed by atoms with Crippen LogP contribution < -0.4 is 5.73 Å². The Morgan fingerprint density at radius 1 is 1.24 bits per heavy atom. The van der Waals surface area contributed by atoms with Crippen molar-refractivity contribution < 1.29 is 0 Å². The third kappa shape index (κ3) is 3.70. The van der Waals surface area contributed by atoms with Gasteiger partial charge in [0, 0.05) is 25.2 Å². The fourth-order valence-corrected chi connectivity index (χ4v) is 2.53. The third-order valence-electron chi connectivity index (χ3n) is 3.74. The van der Waals surface area contributed by atoms with Gasteiger partial charge in [0.05, 0.1) is 0 Å². The number of halogens is 1. The number of hydrogen-bond donors (Lipinski definition) is 1. The zero-order valence-electron chi connectivity index (χ0n) is 10.7. The largest absolute Gasteiger partial charge is 0.326 e. The number of nitrogens with zero attached hydrogens (tertiary/aromatic N) is 1. The topological polar surface area (TPSA) is 29.3 Å². The number of piperidine rings is 1. The number of likely N-dealkylation sites (tertiary alicyclic amines) is 1. The summed E-state index contributed by atoms with van der Waals surface area (Å²) in [5.41, 5.74) is 7.53.